The quantitative estimate of drug-likeness (QED) is 0.623. The summed E-state index contributed by atoms with van der Waals surface area (Å²) >= 11 is 0. The molecule has 0 radical (unpaired) electrons. The van der Waals surface area contributed by atoms with Crippen LogP contribution in [0.2, 0.25) is 0 Å². The number of nitrogens with zero attached hydrogens (tertiary/aromatic N) is 1. The van der Waals surface area contributed by atoms with Crippen LogP contribution in [-0.2, 0) is 4.74 Å². The second-order valence-electron chi connectivity index (χ2n) is 4.31. The Bertz CT molecular complexity index is 431. The standard InChI is InChI=1S/C12H17N3O3/c1-9-11(3-2-4-12(9)15(16)17)14-7-10-8-18-6-5-13-10/h2-4,10,13-14H,5-8H2,1H3. The van der Waals surface area contributed by atoms with Crippen LogP contribution in [0.15, 0.2) is 18.2 Å². The van der Waals surface area contributed by atoms with Crippen LogP contribution in [0.4, 0.5) is 11.4 Å². The van der Waals surface area contributed by atoms with Gasteiger partial charge >= 0.3 is 0 Å². The third-order valence-electron chi connectivity index (χ3n) is 3.04. The largest absolute Gasteiger partial charge is 0.383 e. The zero-order valence-corrected chi connectivity index (χ0v) is 10.3. The van der Waals surface area contributed by atoms with Crippen molar-refractivity contribution in [3.8, 4) is 0 Å². The Labute approximate surface area is 105 Å². The lowest BCUT2D eigenvalue weighted by atomic mass is 10.1. The summed E-state index contributed by atoms with van der Waals surface area (Å²) in [6.07, 6.45) is 0. The highest BCUT2D eigenvalue weighted by Crippen LogP contribution is 2.24. The molecule has 1 aromatic rings. The second kappa shape index (κ2) is 5.79. The highest BCUT2D eigenvalue weighted by atomic mass is 16.6. The zero-order chi connectivity index (χ0) is 13.0. The lowest BCUT2D eigenvalue weighted by Crippen LogP contribution is -2.45. The molecule has 1 fully saturated rings. The number of ether oxygens (including phenoxy) is 1. The molecule has 1 atom stereocenters. The molecule has 1 aliphatic rings. The molecule has 6 heteroatoms. The van der Waals surface area contributed by atoms with E-state index < -0.39 is 0 Å². The van der Waals surface area contributed by atoms with E-state index in [1.165, 1.54) is 6.07 Å². The first-order valence-electron chi connectivity index (χ1n) is 5.97. The van der Waals surface area contributed by atoms with E-state index in [1.807, 2.05) is 6.07 Å². The molecule has 2 rings (SSSR count). The predicted molar refractivity (Wildman–Crippen MR) is 68.9 cm³/mol. The summed E-state index contributed by atoms with van der Waals surface area (Å²) in [6, 6.07) is 5.31. The first-order chi connectivity index (χ1) is 8.68. The van der Waals surface area contributed by atoms with Gasteiger partial charge in [0.15, 0.2) is 0 Å². The van der Waals surface area contributed by atoms with Gasteiger partial charge in [0, 0.05) is 36.4 Å². The van der Waals surface area contributed by atoms with Gasteiger partial charge < -0.3 is 15.4 Å². The minimum atomic E-state index is -0.359. The number of hydrogen-bond acceptors (Lipinski definition) is 5. The van der Waals surface area contributed by atoms with Gasteiger partial charge in [-0.15, -0.1) is 0 Å². The first kappa shape index (κ1) is 12.8. The average Bonchev–Trinajstić information content (AvgIpc) is 2.38. The molecular formula is C12H17N3O3. The van der Waals surface area contributed by atoms with Gasteiger partial charge in [-0.2, -0.15) is 0 Å². The van der Waals surface area contributed by atoms with Crippen LogP contribution >= 0.6 is 0 Å². The van der Waals surface area contributed by atoms with Crippen molar-refractivity contribution in [2.24, 2.45) is 0 Å². The number of anilines is 1. The molecule has 0 spiro atoms. The van der Waals surface area contributed by atoms with Crippen LogP contribution in [0.5, 0.6) is 0 Å². The van der Waals surface area contributed by atoms with Crippen molar-refractivity contribution in [3.63, 3.8) is 0 Å². The summed E-state index contributed by atoms with van der Waals surface area (Å²) in [7, 11) is 0. The highest BCUT2D eigenvalue weighted by molar-refractivity contribution is 5.59. The fourth-order valence-electron chi connectivity index (χ4n) is 2.00. The maximum Gasteiger partial charge on any atom is 0.274 e. The summed E-state index contributed by atoms with van der Waals surface area (Å²) in [6.45, 7) is 4.71. The number of nitro benzene ring substituents is 1. The Balaban J connectivity index is 2.00. The third kappa shape index (κ3) is 2.96. The Kier molecular flexibility index (Phi) is 4.11. The van der Waals surface area contributed by atoms with Gasteiger partial charge in [0.2, 0.25) is 0 Å². The molecule has 0 amide bonds. The number of morpholine rings is 1. The number of nitrogens with one attached hydrogen (secondary N) is 2. The average molecular weight is 251 g/mol. The van der Waals surface area contributed by atoms with Crippen molar-refractivity contribution in [3.05, 3.63) is 33.9 Å². The number of hydrogen-bond donors (Lipinski definition) is 2. The molecule has 6 nitrogen and oxygen atoms in total. The van der Waals surface area contributed by atoms with E-state index in [0.717, 1.165) is 18.8 Å². The predicted octanol–water partition coefficient (Wildman–Crippen LogP) is 1.30. The molecule has 0 aromatic heterocycles. The van der Waals surface area contributed by atoms with Crippen molar-refractivity contribution in [2.75, 3.05) is 31.6 Å². The topological polar surface area (TPSA) is 76.4 Å². The van der Waals surface area contributed by atoms with E-state index in [0.29, 0.717) is 18.7 Å². The van der Waals surface area contributed by atoms with Gasteiger partial charge in [-0.05, 0) is 13.0 Å². The van der Waals surface area contributed by atoms with E-state index in [1.54, 1.807) is 13.0 Å². The zero-order valence-electron chi connectivity index (χ0n) is 10.3. The number of benzene rings is 1. The van der Waals surface area contributed by atoms with Crippen LogP contribution in [0.1, 0.15) is 5.56 Å². The van der Waals surface area contributed by atoms with Crippen LogP contribution in [0.3, 0.4) is 0 Å². The van der Waals surface area contributed by atoms with Crippen LogP contribution < -0.4 is 10.6 Å². The van der Waals surface area contributed by atoms with Gasteiger partial charge in [0.25, 0.3) is 5.69 Å². The molecule has 0 saturated carbocycles. The lowest BCUT2D eigenvalue weighted by Gasteiger charge is -2.24. The molecule has 2 N–H and O–H groups in total. The molecule has 1 aliphatic heterocycles. The Morgan fingerprint density at radius 2 is 2.44 bits per heavy atom. The first-order valence-corrected chi connectivity index (χ1v) is 5.97. The highest BCUT2D eigenvalue weighted by Gasteiger charge is 2.15. The fraction of sp³-hybridized carbons (Fsp3) is 0.500. The van der Waals surface area contributed by atoms with E-state index in [4.69, 9.17) is 4.74 Å². The number of rotatable bonds is 4. The number of nitro groups is 1. The minimum absolute atomic E-state index is 0.146. The molecule has 0 bridgehead atoms. The van der Waals surface area contributed by atoms with E-state index in [-0.39, 0.29) is 16.7 Å². The van der Waals surface area contributed by atoms with Crippen molar-refractivity contribution in [1.29, 1.82) is 0 Å². The van der Waals surface area contributed by atoms with Crippen molar-refractivity contribution in [2.45, 2.75) is 13.0 Å². The third-order valence-corrected chi connectivity index (χ3v) is 3.04. The second-order valence-corrected chi connectivity index (χ2v) is 4.31. The van der Waals surface area contributed by atoms with Crippen molar-refractivity contribution in [1.82, 2.24) is 5.32 Å². The smallest absolute Gasteiger partial charge is 0.274 e. The molecule has 1 unspecified atom stereocenters. The fourth-order valence-corrected chi connectivity index (χ4v) is 2.00. The summed E-state index contributed by atoms with van der Waals surface area (Å²) in [4.78, 5) is 10.5. The lowest BCUT2D eigenvalue weighted by molar-refractivity contribution is -0.385. The van der Waals surface area contributed by atoms with E-state index in [9.17, 15) is 10.1 Å². The van der Waals surface area contributed by atoms with Gasteiger partial charge in [0.05, 0.1) is 18.1 Å². The monoisotopic (exact) mass is 251 g/mol. The summed E-state index contributed by atoms with van der Waals surface area (Å²) in [5.41, 5.74) is 1.61. The minimum Gasteiger partial charge on any atom is -0.383 e. The van der Waals surface area contributed by atoms with Gasteiger partial charge in [-0.3, -0.25) is 10.1 Å². The van der Waals surface area contributed by atoms with Gasteiger partial charge in [-0.25, -0.2) is 0 Å². The van der Waals surface area contributed by atoms with Crippen molar-refractivity contribution >= 4 is 11.4 Å². The summed E-state index contributed by atoms with van der Waals surface area (Å²) in [5.74, 6) is 0. The molecule has 1 heterocycles. The Morgan fingerprint density at radius 3 is 3.11 bits per heavy atom. The van der Waals surface area contributed by atoms with Crippen LogP contribution in [0.25, 0.3) is 0 Å². The molecule has 1 aromatic carbocycles. The normalized spacial score (nSPS) is 19.5. The van der Waals surface area contributed by atoms with E-state index in [2.05, 4.69) is 10.6 Å². The molecule has 1 saturated heterocycles. The van der Waals surface area contributed by atoms with E-state index >= 15 is 0 Å². The molecular weight excluding hydrogens is 234 g/mol. The summed E-state index contributed by atoms with van der Waals surface area (Å²) in [5, 5.41) is 17.4. The summed E-state index contributed by atoms with van der Waals surface area (Å²) < 4.78 is 5.35. The maximum atomic E-state index is 10.8. The van der Waals surface area contributed by atoms with Crippen LogP contribution in [0, 0.1) is 17.0 Å². The maximum absolute atomic E-state index is 10.8. The van der Waals surface area contributed by atoms with Gasteiger partial charge in [-0.1, -0.05) is 6.07 Å². The molecule has 0 aliphatic carbocycles. The Morgan fingerprint density at radius 1 is 1.61 bits per heavy atom. The molecule has 98 valence electrons. The van der Waals surface area contributed by atoms with Crippen molar-refractivity contribution < 1.29 is 9.66 Å². The molecule has 18 heavy (non-hydrogen) atoms. The van der Waals surface area contributed by atoms with Crippen LogP contribution in [-0.4, -0.2) is 37.3 Å². The SMILES string of the molecule is Cc1c(NCC2COCCN2)cccc1[N+](=O)[O-]. The Hall–Kier alpha value is -1.66. The van der Waals surface area contributed by atoms with Gasteiger partial charge in [0.1, 0.15) is 0 Å².